The van der Waals surface area contributed by atoms with E-state index in [9.17, 15) is 5.11 Å². The Balaban J connectivity index is 1.95. The molecule has 0 atom stereocenters. The first kappa shape index (κ1) is 12.8. The van der Waals surface area contributed by atoms with Crippen molar-refractivity contribution in [1.82, 2.24) is 20.2 Å². The number of nitrogens with zero attached hydrogens (tertiary/aromatic N) is 4. The van der Waals surface area contributed by atoms with Gasteiger partial charge in [0.1, 0.15) is 5.75 Å². The third-order valence-electron chi connectivity index (χ3n) is 2.95. The minimum absolute atomic E-state index is 0.241. The molecule has 0 fully saturated rings. The van der Waals surface area contributed by atoms with Crippen LogP contribution in [-0.2, 0) is 6.54 Å². The maximum Gasteiger partial charge on any atom is 0.182 e. The van der Waals surface area contributed by atoms with Crippen LogP contribution in [0.25, 0.3) is 11.4 Å². The highest BCUT2D eigenvalue weighted by molar-refractivity contribution is 9.10. The number of benzene rings is 2. The van der Waals surface area contributed by atoms with Gasteiger partial charge in [-0.15, -0.1) is 5.10 Å². The van der Waals surface area contributed by atoms with Crippen molar-refractivity contribution < 1.29 is 5.11 Å². The van der Waals surface area contributed by atoms with E-state index in [0.717, 1.165) is 15.6 Å². The monoisotopic (exact) mass is 330 g/mol. The van der Waals surface area contributed by atoms with Crippen molar-refractivity contribution in [3.63, 3.8) is 0 Å². The normalized spacial score (nSPS) is 10.7. The Morgan fingerprint density at radius 1 is 1.05 bits per heavy atom. The number of aromatic hydroxyl groups is 1. The van der Waals surface area contributed by atoms with Crippen LogP contribution in [0.5, 0.6) is 5.75 Å². The molecule has 20 heavy (non-hydrogen) atoms. The molecule has 0 radical (unpaired) electrons. The largest absolute Gasteiger partial charge is 0.508 e. The first-order valence-corrected chi connectivity index (χ1v) is 6.82. The van der Waals surface area contributed by atoms with Gasteiger partial charge in [0.15, 0.2) is 5.82 Å². The van der Waals surface area contributed by atoms with Gasteiger partial charge < -0.3 is 5.11 Å². The third kappa shape index (κ3) is 2.55. The molecule has 6 heteroatoms. The SMILES string of the molecule is Oc1ccccc1Cn1nnnc1-c1ccc(Br)cc1. The molecule has 100 valence electrons. The van der Waals surface area contributed by atoms with Gasteiger partial charge in [-0.05, 0) is 28.6 Å². The van der Waals surface area contributed by atoms with Gasteiger partial charge in [0.2, 0.25) is 0 Å². The number of hydrogen-bond donors (Lipinski definition) is 1. The van der Waals surface area contributed by atoms with Gasteiger partial charge in [-0.2, -0.15) is 0 Å². The molecule has 2 aromatic carbocycles. The zero-order valence-corrected chi connectivity index (χ0v) is 12.0. The zero-order valence-electron chi connectivity index (χ0n) is 10.4. The van der Waals surface area contributed by atoms with Crippen LogP contribution < -0.4 is 0 Å². The van der Waals surface area contributed by atoms with Gasteiger partial charge in [-0.1, -0.05) is 46.3 Å². The molecule has 0 aliphatic heterocycles. The first-order chi connectivity index (χ1) is 9.74. The van der Waals surface area contributed by atoms with Crippen molar-refractivity contribution in [3.8, 4) is 17.1 Å². The molecule has 0 spiro atoms. The second kappa shape index (κ2) is 5.42. The number of halogens is 1. The smallest absolute Gasteiger partial charge is 0.182 e. The third-order valence-corrected chi connectivity index (χ3v) is 3.47. The van der Waals surface area contributed by atoms with Crippen molar-refractivity contribution in [2.24, 2.45) is 0 Å². The van der Waals surface area contributed by atoms with Crippen LogP contribution in [0.1, 0.15) is 5.56 Å². The Labute approximate surface area is 124 Å². The minimum Gasteiger partial charge on any atom is -0.508 e. The van der Waals surface area contributed by atoms with Crippen molar-refractivity contribution in [1.29, 1.82) is 0 Å². The molecule has 1 N–H and O–H groups in total. The number of hydrogen-bond acceptors (Lipinski definition) is 4. The van der Waals surface area contributed by atoms with Gasteiger partial charge >= 0.3 is 0 Å². The highest BCUT2D eigenvalue weighted by Crippen LogP contribution is 2.22. The average Bonchev–Trinajstić information content (AvgIpc) is 2.90. The van der Waals surface area contributed by atoms with Crippen LogP contribution in [-0.4, -0.2) is 25.3 Å². The van der Waals surface area contributed by atoms with Crippen molar-refractivity contribution >= 4 is 15.9 Å². The lowest BCUT2D eigenvalue weighted by Gasteiger charge is -2.06. The number of aromatic nitrogens is 4. The number of para-hydroxylation sites is 1. The van der Waals surface area contributed by atoms with E-state index in [0.29, 0.717) is 12.4 Å². The molecule has 0 amide bonds. The summed E-state index contributed by atoms with van der Waals surface area (Å²) in [5.41, 5.74) is 1.70. The van der Waals surface area contributed by atoms with Crippen LogP contribution in [0, 0.1) is 0 Å². The maximum absolute atomic E-state index is 9.82. The molecule has 0 unspecified atom stereocenters. The summed E-state index contributed by atoms with van der Waals surface area (Å²) in [6.07, 6.45) is 0. The van der Waals surface area contributed by atoms with Crippen LogP contribution in [0.3, 0.4) is 0 Å². The molecule has 1 heterocycles. The van der Waals surface area contributed by atoms with E-state index < -0.39 is 0 Å². The highest BCUT2D eigenvalue weighted by Gasteiger charge is 2.10. The molecule has 3 rings (SSSR count). The Bertz CT molecular complexity index is 724. The number of phenolic OH excluding ortho intramolecular Hbond substituents is 1. The van der Waals surface area contributed by atoms with E-state index in [1.165, 1.54) is 0 Å². The molecule has 1 aromatic heterocycles. The van der Waals surface area contributed by atoms with Gasteiger partial charge in [-0.3, -0.25) is 0 Å². The van der Waals surface area contributed by atoms with E-state index in [-0.39, 0.29) is 5.75 Å². The summed E-state index contributed by atoms with van der Waals surface area (Å²) < 4.78 is 2.67. The molecule has 0 saturated heterocycles. The Morgan fingerprint density at radius 3 is 2.55 bits per heavy atom. The standard InChI is InChI=1S/C14H11BrN4O/c15-12-7-5-10(6-8-12)14-16-17-18-19(14)9-11-3-1-2-4-13(11)20/h1-8,20H,9H2. The van der Waals surface area contributed by atoms with Crippen molar-refractivity contribution in [2.75, 3.05) is 0 Å². The fraction of sp³-hybridized carbons (Fsp3) is 0.0714. The van der Waals surface area contributed by atoms with E-state index >= 15 is 0 Å². The van der Waals surface area contributed by atoms with Gasteiger partial charge in [-0.25, -0.2) is 4.68 Å². The van der Waals surface area contributed by atoms with Gasteiger partial charge in [0.25, 0.3) is 0 Å². The van der Waals surface area contributed by atoms with Crippen molar-refractivity contribution in [2.45, 2.75) is 6.54 Å². The summed E-state index contributed by atoms with van der Waals surface area (Å²) in [4.78, 5) is 0. The first-order valence-electron chi connectivity index (χ1n) is 6.03. The average molecular weight is 331 g/mol. The van der Waals surface area contributed by atoms with E-state index in [2.05, 4.69) is 31.5 Å². The summed E-state index contributed by atoms with van der Waals surface area (Å²) >= 11 is 3.40. The highest BCUT2D eigenvalue weighted by atomic mass is 79.9. The summed E-state index contributed by atoms with van der Waals surface area (Å²) in [5.74, 6) is 0.908. The van der Waals surface area contributed by atoms with E-state index in [1.54, 1.807) is 16.8 Å². The zero-order chi connectivity index (χ0) is 13.9. The lowest BCUT2D eigenvalue weighted by Crippen LogP contribution is -2.04. The summed E-state index contributed by atoms with van der Waals surface area (Å²) in [6.45, 7) is 0.422. The number of rotatable bonds is 3. The second-order valence-electron chi connectivity index (χ2n) is 4.30. The summed E-state index contributed by atoms with van der Waals surface area (Å²) in [6, 6.07) is 14.9. The minimum atomic E-state index is 0.241. The lowest BCUT2D eigenvalue weighted by molar-refractivity contribution is 0.463. The molecular formula is C14H11BrN4O. The predicted octanol–water partition coefficient (Wildman–Crippen LogP) is 2.86. The van der Waals surface area contributed by atoms with E-state index in [4.69, 9.17) is 0 Å². The quantitative estimate of drug-likeness (QED) is 0.802. The van der Waals surface area contributed by atoms with Crippen molar-refractivity contribution in [3.05, 3.63) is 58.6 Å². The van der Waals surface area contributed by atoms with Crippen LogP contribution in [0.4, 0.5) is 0 Å². The van der Waals surface area contributed by atoms with Gasteiger partial charge in [0, 0.05) is 15.6 Å². The number of tetrazole rings is 1. The van der Waals surface area contributed by atoms with Crippen LogP contribution in [0.2, 0.25) is 0 Å². The molecule has 0 aliphatic carbocycles. The topological polar surface area (TPSA) is 63.8 Å². The Morgan fingerprint density at radius 2 is 1.80 bits per heavy atom. The van der Waals surface area contributed by atoms with Gasteiger partial charge in [0.05, 0.1) is 6.54 Å². The molecule has 0 bridgehead atoms. The van der Waals surface area contributed by atoms with E-state index in [1.807, 2.05) is 36.4 Å². The molecule has 3 aromatic rings. The Kier molecular flexibility index (Phi) is 3.47. The maximum atomic E-state index is 9.82. The molecule has 0 aliphatic rings. The lowest BCUT2D eigenvalue weighted by atomic mass is 10.2. The second-order valence-corrected chi connectivity index (χ2v) is 5.21. The van der Waals surface area contributed by atoms with Crippen LogP contribution >= 0.6 is 15.9 Å². The summed E-state index contributed by atoms with van der Waals surface area (Å²) in [5, 5.41) is 21.6. The van der Waals surface area contributed by atoms with Crippen LogP contribution in [0.15, 0.2) is 53.0 Å². The molecular weight excluding hydrogens is 320 g/mol. The predicted molar refractivity (Wildman–Crippen MR) is 78.2 cm³/mol. The fourth-order valence-corrected chi connectivity index (χ4v) is 2.19. The summed E-state index contributed by atoms with van der Waals surface area (Å²) in [7, 11) is 0. The molecule has 0 saturated carbocycles. The Hall–Kier alpha value is -2.21. The number of phenols is 1. The fourth-order valence-electron chi connectivity index (χ4n) is 1.92. The molecule has 5 nitrogen and oxygen atoms in total.